The zero-order valence-corrected chi connectivity index (χ0v) is 16.6. The second-order valence-electron chi connectivity index (χ2n) is 7.18. The lowest BCUT2D eigenvalue weighted by Crippen LogP contribution is -2.17. The summed E-state index contributed by atoms with van der Waals surface area (Å²) >= 11 is 0. The molecule has 5 nitrogen and oxygen atoms in total. The maximum absolute atomic E-state index is 5.66. The van der Waals surface area contributed by atoms with Crippen LogP contribution < -0.4 is 4.90 Å². The summed E-state index contributed by atoms with van der Waals surface area (Å²) in [7, 11) is 2.04. The molecule has 0 fully saturated rings. The van der Waals surface area contributed by atoms with Gasteiger partial charge in [0.15, 0.2) is 0 Å². The van der Waals surface area contributed by atoms with Crippen LogP contribution in [0.4, 0.5) is 5.82 Å². The molecule has 0 aliphatic heterocycles. The summed E-state index contributed by atoms with van der Waals surface area (Å²) < 4.78 is 5.66. The summed E-state index contributed by atoms with van der Waals surface area (Å²) in [5.41, 5.74) is 3.92. The fourth-order valence-corrected chi connectivity index (χ4v) is 3.51. The molecule has 0 amide bonds. The van der Waals surface area contributed by atoms with E-state index in [1.54, 1.807) is 0 Å². The summed E-state index contributed by atoms with van der Waals surface area (Å²) in [6, 6.07) is 30.2. The minimum Gasteiger partial charge on any atom is -0.355 e. The van der Waals surface area contributed by atoms with Gasteiger partial charge in [-0.25, -0.2) is 4.98 Å². The van der Waals surface area contributed by atoms with Crippen LogP contribution in [0.1, 0.15) is 5.56 Å². The highest BCUT2D eigenvalue weighted by atomic mass is 16.5. The van der Waals surface area contributed by atoms with E-state index in [0.29, 0.717) is 11.7 Å². The second kappa shape index (κ2) is 7.79. The van der Waals surface area contributed by atoms with Gasteiger partial charge >= 0.3 is 0 Å². The van der Waals surface area contributed by atoms with Gasteiger partial charge in [0.05, 0.1) is 11.1 Å². The highest BCUT2D eigenvalue weighted by molar-refractivity contribution is 5.94. The Morgan fingerprint density at radius 2 is 1.50 bits per heavy atom. The summed E-state index contributed by atoms with van der Waals surface area (Å²) in [5.74, 6) is 1.92. The normalized spacial score (nSPS) is 11.0. The van der Waals surface area contributed by atoms with Gasteiger partial charge in [-0.2, -0.15) is 4.98 Å². The Kier molecular flexibility index (Phi) is 4.69. The van der Waals surface area contributed by atoms with Crippen molar-refractivity contribution in [3.05, 3.63) is 96.6 Å². The number of hydrogen-bond acceptors (Lipinski definition) is 5. The van der Waals surface area contributed by atoms with Crippen LogP contribution in [-0.4, -0.2) is 22.2 Å². The molecule has 0 aliphatic carbocycles. The zero-order chi connectivity index (χ0) is 20.3. The Balaban J connectivity index is 1.57. The third kappa shape index (κ3) is 3.53. The fourth-order valence-electron chi connectivity index (χ4n) is 3.51. The van der Waals surface area contributed by atoms with E-state index in [1.165, 1.54) is 5.56 Å². The first kappa shape index (κ1) is 18.1. The van der Waals surface area contributed by atoms with Crippen molar-refractivity contribution in [1.82, 2.24) is 15.1 Å². The SMILES string of the molecule is CN(Cc1ccccc1)c1cc(-c2nc(-c3ccccc3)no2)c2ccccc2n1. The standard InChI is InChI=1S/C25H20N4O/c1-29(17-18-10-4-2-5-11-18)23-16-21(20-14-8-9-15-22(20)26-23)25-27-24(28-30-25)19-12-6-3-7-13-19/h2-16H,17H2,1H3. The average molecular weight is 392 g/mol. The molecular weight excluding hydrogens is 372 g/mol. The highest BCUT2D eigenvalue weighted by Gasteiger charge is 2.16. The van der Waals surface area contributed by atoms with Gasteiger partial charge in [0, 0.05) is 24.5 Å². The molecule has 0 saturated carbocycles. The first-order valence-electron chi connectivity index (χ1n) is 9.82. The number of pyridine rings is 1. The quantitative estimate of drug-likeness (QED) is 0.390. The summed E-state index contributed by atoms with van der Waals surface area (Å²) in [6.07, 6.45) is 0. The maximum Gasteiger partial charge on any atom is 0.259 e. The number of hydrogen-bond donors (Lipinski definition) is 0. The van der Waals surface area contributed by atoms with Crippen LogP contribution in [0.25, 0.3) is 33.7 Å². The number of aromatic nitrogens is 3. The van der Waals surface area contributed by atoms with Crippen LogP contribution in [0, 0.1) is 0 Å². The molecule has 0 N–H and O–H groups in total. The number of para-hydroxylation sites is 1. The van der Waals surface area contributed by atoms with E-state index in [1.807, 2.05) is 85.9 Å². The lowest BCUT2D eigenvalue weighted by Gasteiger charge is -2.19. The molecule has 30 heavy (non-hydrogen) atoms. The Morgan fingerprint density at radius 1 is 0.800 bits per heavy atom. The van der Waals surface area contributed by atoms with Crippen molar-refractivity contribution in [3.63, 3.8) is 0 Å². The van der Waals surface area contributed by atoms with Crippen molar-refractivity contribution in [2.75, 3.05) is 11.9 Å². The van der Waals surface area contributed by atoms with Crippen LogP contribution in [-0.2, 0) is 6.54 Å². The Morgan fingerprint density at radius 3 is 2.30 bits per heavy atom. The molecule has 0 radical (unpaired) electrons. The molecule has 3 aromatic carbocycles. The van der Waals surface area contributed by atoms with E-state index in [4.69, 9.17) is 9.51 Å². The molecule has 5 aromatic rings. The summed E-state index contributed by atoms with van der Waals surface area (Å²) in [4.78, 5) is 11.6. The van der Waals surface area contributed by atoms with E-state index in [2.05, 4.69) is 27.2 Å². The lowest BCUT2D eigenvalue weighted by atomic mass is 10.1. The predicted molar refractivity (Wildman–Crippen MR) is 119 cm³/mol. The topological polar surface area (TPSA) is 55.1 Å². The molecule has 0 unspecified atom stereocenters. The lowest BCUT2D eigenvalue weighted by molar-refractivity contribution is 0.432. The molecule has 2 heterocycles. The van der Waals surface area contributed by atoms with E-state index in [-0.39, 0.29) is 0 Å². The van der Waals surface area contributed by atoms with Gasteiger partial charge in [-0.3, -0.25) is 0 Å². The van der Waals surface area contributed by atoms with Crippen LogP contribution in [0.5, 0.6) is 0 Å². The third-order valence-corrected chi connectivity index (χ3v) is 5.04. The Bertz CT molecular complexity index is 1280. The maximum atomic E-state index is 5.66. The van der Waals surface area contributed by atoms with Gasteiger partial charge in [0.2, 0.25) is 5.82 Å². The number of benzene rings is 3. The van der Waals surface area contributed by atoms with Gasteiger partial charge in [-0.15, -0.1) is 0 Å². The minimum absolute atomic E-state index is 0.488. The molecule has 2 aromatic heterocycles. The Hall–Kier alpha value is -3.99. The van der Waals surface area contributed by atoms with Crippen LogP contribution in [0.2, 0.25) is 0 Å². The van der Waals surface area contributed by atoms with Crippen LogP contribution >= 0.6 is 0 Å². The van der Waals surface area contributed by atoms with Crippen LogP contribution in [0.15, 0.2) is 95.5 Å². The highest BCUT2D eigenvalue weighted by Crippen LogP contribution is 2.31. The number of rotatable bonds is 5. The molecule has 0 aliphatic rings. The minimum atomic E-state index is 0.488. The first-order valence-corrected chi connectivity index (χ1v) is 9.82. The number of nitrogens with zero attached hydrogens (tertiary/aromatic N) is 4. The molecule has 0 spiro atoms. The molecule has 5 rings (SSSR count). The van der Waals surface area contributed by atoms with Gasteiger partial charge in [0.25, 0.3) is 5.89 Å². The van der Waals surface area contributed by atoms with Crippen molar-refractivity contribution < 1.29 is 4.52 Å². The van der Waals surface area contributed by atoms with E-state index >= 15 is 0 Å². The van der Waals surface area contributed by atoms with Gasteiger partial charge in [-0.05, 0) is 17.7 Å². The van der Waals surface area contributed by atoms with Crippen molar-refractivity contribution >= 4 is 16.7 Å². The molecule has 0 saturated heterocycles. The van der Waals surface area contributed by atoms with Gasteiger partial charge < -0.3 is 9.42 Å². The van der Waals surface area contributed by atoms with E-state index in [0.717, 1.165) is 34.4 Å². The zero-order valence-electron chi connectivity index (χ0n) is 16.6. The van der Waals surface area contributed by atoms with Gasteiger partial charge in [-0.1, -0.05) is 84.0 Å². The molecule has 0 atom stereocenters. The molecule has 5 heteroatoms. The van der Waals surface area contributed by atoms with Gasteiger partial charge in [0.1, 0.15) is 5.82 Å². The average Bonchev–Trinajstić information content (AvgIpc) is 3.30. The molecule has 146 valence electrons. The largest absolute Gasteiger partial charge is 0.355 e. The molecule has 0 bridgehead atoms. The fraction of sp³-hybridized carbons (Fsp3) is 0.0800. The second-order valence-corrected chi connectivity index (χ2v) is 7.18. The van der Waals surface area contributed by atoms with Crippen molar-refractivity contribution in [3.8, 4) is 22.8 Å². The number of fused-ring (bicyclic) bond motifs is 1. The summed E-state index contributed by atoms with van der Waals surface area (Å²) in [5, 5.41) is 5.18. The number of anilines is 1. The van der Waals surface area contributed by atoms with Crippen LogP contribution in [0.3, 0.4) is 0 Å². The van der Waals surface area contributed by atoms with E-state index < -0.39 is 0 Å². The summed E-state index contributed by atoms with van der Waals surface area (Å²) in [6.45, 7) is 0.755. The van der Waals surface area contributed by atoms with Crippen molar-refractivity contribution in [1.29, 1.82) is 0 Å². The Labute approximate surface area is 174 Å². The van der Waals surface area contributed by atoms with Crippen molar-refractivity contribution in [2.24, 2.45) is 0 Å². The molecular formula is C25H20N4O. The van der Waals surface area contributed by atoms with E-state index in [9.17, 15) is 0 Å². The third-order valence-electron chi connectivity index (χ3n) is 5.04. The smallest absolute Gasteiger partial charge is 0.259 e. The first-order chi connectivity index (χ1) is 14.8. The monoisotopic (exact) mass is 392 g/mol. The predicted octanol–water partition coefficient (Wildman–Crippen LogP) is 5.59. The van der Waals surface area contributed by atoms with Crippen molar-refractivity contribution in [2.45, 2.75) is 6.54 Å².